The number of benzene rings is 1. The van der Waals surface area contributed by atoms with Gasteiger partial charge in [0.25, 0.3) is 0 Å². The molecule has 0 spiro atoms. The second kappa shape index (κ2) is 3.78. The van der Waals surface area contributed by atoms with E-state index in [4.69, 9.17) is 4.52 Å². The van der Waals surface area contributed by atoms with Gasteiger partial charge in [-0.1, -0.05) is 55.8 Å². The van der Waals surface area contributed by atoms with E-state index >= 15 is 0 Å². The van der Waals surface area contributed by atoms with Crippen LogP contribution in [-0.4, -0.2) is 5.16 Å². The molecule has 0 aliphatic carbocycles. The predicted octanol–water partition coefficient (Wildman–Crippen LogP) is 3.95. The van der Waals surface area contributed by atoms with E-state index in [1.54, 1.807) is 0 Å². The average molecular weight is 215 g/mol. The minimum atomic E-state index is 0.00987. The summed E-state index contributed by atoms with van der Waals surface area (Å²) in [6.07, 6.45) is 0. The fourth-order valence-electron chi connectivity index (χ4n) is 1.49. The molecule has 0 aliphatic rings. The van der Waals surface area contributed by atoms with Gasteiger partial charge in [-0.3, -0.25) is 0 Å². The molecule has 0 atom stereocenters. The Morgan fingerprint density at radius 1 is 1.06 bits per heavy atom. The van der Waals surface area contributed by atoms with Crippen molar-refractivity contribution in [3.63, 3.8) is 0 Å². The van der Waals surface area contributed by atoms with Gasteiger partial charge in [-0.05, 0) is 6.92 Å². The van der Waals surface area contributed by atoms with E-state index in [0.29, 0.717) is 0 Å². The van der Waals surface area contributed by atoms with Gasteiger partial charge in [0.15, 0.2) is 0 Å². The molecular weight excluding hydrogens is 198 g/mol. The van der Waals surface area contributed by atoms with E-state index in [-0.39, 0.29) is 5.41 Å². The van der Waals surface area contributed by atoms with Crippen molar-refractivity contribution >= 4 is 0 Å². The Morgan fingerprint density at radius 2 is 1.69 bits per heavy atom. The zero-order valence-corrected chi connectivity index (χ0v) is 10.2. The highest BCUT2D eigenvalue weighted by atomic mass is 16.5. The molecule has 0 aliphatic heterocycles. The molecule has 1 aromatic heterocycles. The molecule has 0 radical (unpaired) electrons. The highest BCUT2D eigenvalue weighted by molar-refractivity contribution is 5.59. The second-order valence-corrected chi connectivity index (χ2v) is 5.19. The number of rotatable bonds is 1. The van der Waals surface area contributed by atoms with Crippen LogP contribution in [0, 0.1) is 6.92 Å². The van der Waals surface area contributed by atoms with E-state index in [9.17, 15) is 0 Å². The van der Waals surface area contributed by atoms with Crippen LogP contribution in [0.2, 0.25) is 0 Å². The van der Waals surface area contributed by atoms with Crippen LogP contribution in [0.3, 0.4) is 0 Å². The number of aromatic nitrogens is 1. The van der Waals surface area contributed by atoms with E-state index in [1.807, 2.05) is 6.07 Å². The number of hydrogen-bond donors (Lipinski definition) is 0. The normalized spacial score (nSPS) is 11.8. The second-order valence-electron chi connectivity index (χ2n) is 5.19. The van der Waals surface area contributed by atoms with Gasteiger partial charge in [-0.25, -0.2) is 0 Å². The maximum absolute atomic E-state index is 5.36. The zero-order valence-electron chi connectivity index (χ0n) is 10.2. The highest BCUT2D eigenvalue weighted by Crippen LogP contribution is 2.27. The van der Waals surface area contributed by atoms with Gasteiger partial charge in [-0.15, -0.1) is 0 Å². The lowest BCUT2D eigenvalue weighted by molar-refractivity contribution is 0.330. The first-order valence-electron chi connectivity index (χ1n) is 5.51. The van der Waals surface area contributed by atoms with Crippen LogP contribution in [0.25, 0.3) is 11.3 Å². The summed E-state index contributed by atoms with van der Waals surface area (Å²) in [6.45, 7) is 8.43. The van der Waals surface area contributed by atoms with Gasteiger partial charge < -0.3 is 4.52 Å². The molecule has 2 rings (SSSR count). The quantitative estimate of drug-likeness (QED) is 0.720. The Kier molecular flexibility index (Phi) is 2.58. The lowest BCUT2D eigenvalue weighted by Crippen LogP contribution is -2.09. The average Bonchev–Trinajstić information content (AvgIpc) is 2.67. The summed E-state index contributed by atoms with van der Waals surface area (Å²) < 4.78 is 5.36. The Balaban J connectivity index is 2.35. The van der Waals surface area contributed by atoms with Crippen LogP contribution >= 0.6 is 0 Å². The number of nitrogens with zero attached hydrogens (tertiary/aromatic N) is 1. The van der Waals surface area contributed by atoms with Gasteiger partial charge in [0, 0.05) is 17.0 Å². The van der Waals surface area contributed by atoms with Gasteiger partial charge >= 0.3 is 0 Å². The zero-order chi connectivity index (χ0) is 11.8. The lowest BCUT2D eigenvalue weighted by atomic mass is 9.93. The molecular formula is C14H17NO. The molecule has 0 unspecified atom stereocenters. The Labute approximate surface area is 96.3 Å². The third kappa shape index (κ3) is 2.16. The summed E-state index contributed by atoms with van der Waals surface area (Å²) in [5.41, 5.74) is 3.27. The number of aryl methyl sites for hydroxylation is 1. The van der Waals surface area contributed by atoms with Crippen molar-refractivity contribution in [1.29, 1.82) is 0 Å². The van der Waals surface area contributed by atoms with Crippen molar-refractivity contribution in [3.8, 4) is 11.3 Å². The van der Waals surface area contributed by atoms with Crippen molar-refractivity contribution in [2.24, 2.45) is 0 Å². The molecule has 1 heterocycles. The van der Waals surface area contributed by atoms with Crippen molar-refractivity contribution in [2.75, 3.05) is 0 Å². The standard InChI is InChI=1S/C14H17NO/c1-10-5-7-11(8-6-10)12-9-13(16-15-12)14(2,3)4/h5-9H,1-4H3. The minimum Gasteiger partial charge on any atom is -0.360 e. The summed E-state index contributed by atoms with van der Waals surface area (Å²) in [5, 5.41) is 4.11. The molecule has 84 valence electrons. The molecule has 16 heavy (non-hydrogen) atoms. The maximum Gasteiger partial charge on any atom is 0.142 e. The molecule has 0 amide bonds. The Bertz CT molecular complexity index is 474. The largest absolute Gasteiger partial charge is 0.360 e. The van der Waals surface area contributed by atoms with Crippen molar-refractivity contribution in [1.82, 2.24) is 5.16 Å². The molecule has 1 aromatic carbocycles. The fraction of sp³-hybridized carbons (Fsp3) is 0.357. The van der Waals surface area contributed by atoms with Crippen LogP contribution < -0.4 is 0 Å². The summed E-state index contributed by atoms with van der Waals surface area (Å²) in [4.78, 5) is 0. The van der Waals surface area contributed by atoms with Crippen molar-refractivity contribution < 1.29 is 4.52 Å². The van der Waals surface area contributed by atoms with Gasteiger partial charge in [0.05, 0.1) is 0 Å². The molecule has 0 bridgehead atoms. The van der Waals surface area contributed by atoms with Crippen molar-refractivity contribution in [3.05, 3.63) is 41.7 Å². The SMILES string of the molecule is Cc1ccc(-c2cc(C(C)(C)C)on2)cc1. The van der Waals surface area contributed by atoms with Crippen LogP contribution in [0.5, 0.6) is 0 Å². The molecule has 0 saturated heterocycles. The topological polar surface area (TPSA) is 26.0 Å². The van der Waals surface area contributed by atoms with Gasteiger partial charge in [-0.2, -0.15) is 0 Å². The summed E-state index contributed by atoms with van der Waals surface area (Å²) >= 11 is 0. The monoisotopic (exact) mass is 215 g/mol. The summed E-state index contributed by atoms with van der Waals surface area (Å²) in [7, 11) is 0. The molecule has 0 fully saturated rings. The first-order chi connectivity index (χ1) is 7.47. The number of hydrogen-bond acceptors (Lipinski definition) is 2. The van der Waals surface area contributed by atoms with Crippen LogP contribution in [0.1, 0.15) is 32.1 Å². The molecule has 2 heteroatoms. The Morgan fingerprint density at radius 3 is 2.19 bits per heavy atom. The van der Waals surface area contributed by atoms with E-state index in [1.165, 1.54) is 5.56 Å². The Hall–Kier alpha value is -1.57. The third-order valence-corrected chi connectivity index (χ3v) is 2.60. The lowest BCUT2D eigenvalue weighted by Gasteiger charge is -2.12. The molecule has 2 aromatic rings. The molecule has 0 N–H and O–H groups in total. The summed E-state index contributed by atoms with van der Waals surface area (Å²) in [6, 6.07) is 10.3. The molecule has 0 saturated carbocycles. The van der Waals surface area contributed by atoms with Gasteiger partial charge in [0.2, 0.25) is 0 Å². The van der Waals surface area contributed by atoms with Crippen LogP contribution in [-0.2, 0) is 5.41 Å². The smallest absolute Gasteiger partial charge is 0.142 e. The minimum absolute atomic E-state index is 0.00987. The van der Waals surface area contributed by atoms with E-state index < -0.39 is 0 Å². The predicted molar refractivity (Wildman–Crippen MR) is 65.4 cm³/mol. The van der Waals surface area contributed by atoms with Crippen LogP contribution in [0.15, 0.2) is 34.9 Å². The van der Waals surface area contributed by atoms with Gasteiger partial charge in [0.1, 0.15) is 11.5 Å². The van der Waals surface area contributed by atoms with Crippen LogP contribution in [0.4, 0.5) is 0 Å². The first-order valence-corrected chi connectivity index (χ1v) is 5.51. The molecule has 2 nitrogen and oxygen atoms in total. The highest BCUT2D eigenvalue weighted by Gasteiger charge is 2.19. The first kappa shape index (κ1) is 10.9. The van der Waals surface area contributed by atoms with E-state index in [0.717, 1.165) is 17.0 Å². The summed E-state index contributed by atoms with van der Waals surface area (Å²) in [5.74, 6) is 0.920. The fourth-order valence-corrected chi connectivity index (χ4v) is 1.49. The van der Waals surface area contributed by atoms with Crippen molar-refractivity contribution in [2.45, 2.75) is 33.1 Å². The maximum atomic E-state index is 5.36. The third-order valence-electron chi connectivity index (χ3n) is 2.60. The van der Waals surface area contributed by atoms with E-state index in [2.05, 4.69) is 57.1 Å².